The first-order valence-corrected chi connectivity index (χ1v) is 3.57. The summed E-state index contributed by atoms with van der Waals surface area (Å²) in [6, 6.07) is 0. The van der Waals surface area contributed by atoms with E-state index in [2.05, 4.69) is 38.2 Å². The van der Waals surface area contributed by atoms with Crippen molar-refractivity contribution in [3.05, 3.63) is 46.6 Å². The smallest absolute Gasteiger partial charge is 0.0146 e. The molecule has 0 N–H and O–H groups in total. The Balaban J connectivity index is 2.47. The third kappa shape index (κ3) is 0.688. The van der Waals surface area contributed by atoms with Crippen LogP contribution in [0.2, 0.25) is 0 Å². The van der Waals surface area contributed by atoms with Crippen molar-refractivity contribution in [3.63, 3.8) is 0 Å². The van der Waals surface area contributed by atoms with Crippen molar-refractivity contribution in [3.8, 4) is 0 Å². The minimum Gasteiger partial charge on any atom is -0.0617 e. The fourth-order valence-corrected chi connectivity index (χ4v) is 1.28. The van der Waals surface area contributed by atoms with Gasteiger partial charge in [-0.3, -0.25) is 0 Å². The van der Waals surface area contributed by atoms with Crippen LogP contribution in [0.25, 0.3) is 0 Å². The molecule has 50 valence electrons. The van der Waals surface area contributed by atoms with Crippen molar-refractivity contribution in [2.24, 2.45) is 0 Å². The fraction of sp³-hybridized carbons (Fsp3) is 0.200. The van der Waals surface area contributed by atoms with Crippen molar-refractivity contribution >= 4 is 0 Å². The largest absolute Gasteiger partial charge is 0.0617 e. The molecule has 2 aliphatic carbocycles. The van der Waals surface area contributed by atoms with Gasteiger partial charge in [-0.1, -0.05) is 18.2 Å². The zero-order valence-electron chi connectivity index (χ0n) is 6.31. The van der Waals surface area contributed by atoms with Crippen LogP contribution in [-0.4, -0.2) is 0 Å². The predicted octanol–water partition coefficient (Wildman–Crippen LogP) is 2.76. The molecule has 0 nitrogen and oxygen atoms in total. The van der Waals surface area contributed by atoms with Gasteiger partial charge in [-0.25, -0.2) is 0 Å². The van der Waals surface area contributed by atoms with Crippen molar-refractivity contribution in [1.82, 2.24) is 0 Å². The molecule has 0 fully saturated rings. The van der Waals surface area contributed by atoms with E-state index in [4.69, 9.17) is 0 Å². The molecule has 0 aromatic carbocycles. The number of hydrogen-bond acceptors (Lipinski definition) is 0. The average molecular weight is 130 g/mol. The van der Waals surface area contributed by atoms with Crippen LogP contribution in [0.4, 0.5) is 0 Å². The van der Waals surface area contributed by atoms with Gasteiger partial charge >= 0.3 is 0 Å². The van der Waals surface area contributed by atoms with Gasteiger partial charge in [0.25, 0.3) is 0 Å². The molecule has 0 saturated carbocycles. The lowest BCUT2D eigenvalue weighted by Gasteiger charge is -1.87. The number of hydrogen-bond donors (Lipinski definition) is 0. The monoisotopic (exact) mass is 130 g/mol. The van der Waals surface area contributed by atoms with Gasteiger partial charge in [-0.05, 0) is 42.2 Å². The molecular weight excluding hydrogens is 120 g/mol. The summed E-state index contributed by atoms with van der Waals surface area (Å²) in [6.07, 6.45) is 8.68. The molecule has 0 aromatic heterocycles. The summed E-state index contributed by atoms with van der Waals surface area (Å²) in [7, 11) is 0. The minimum atomic E-state index is 1.39. The number of allylic oxidation sites excluding steroid dienone is 8. The lowest BCUT2D eigenvalue weighted by molar-refractivity contribution is 1.47. The Morgan fingerprint density at radius 2 is 2.00 bits per heavy atom. The lowest BCUT2D eigenvalue weighted by atomic mass is 10.2. The predicted molar refractivity (Wildman–Crippen MR) is 43.7 cm³/mol. The normalized spacial score (nSPS) is 21.4. The molecule has 0 unspecified atom stereocenters. The van der Waals surface area contributed by atoms with Crippen LogP contribution in [0.15, 0.2) is 46.6 Å². The van der Waals surface area contributed by atoms with Crippen molar-refractivity contribution in [1.29, 1.82) is 0 Å². The highest BCUT2D eigenvalue weighted by molar-refractivity contribution is 5.71. The highest BCUT2D eigenvalue weighted by Crippen LogP contribution is 2.38. The third-order valence-electron chi connectivity index (χ3n) is 2.04. The molecule has 0 bridgehead atoms. The van der Waals surface area contributed by atoms with Crippen LogP contribution in [0.5, 0.6) is 0 Å². The molecular formula is C10H10. The Morgan fingerprint density at radius 3 is 2.80 bits per heavy atom. The van der Waals surface area contributed by atoms with E-state index >= 15 is 0 Å². The number of fused-ring (bicyclic) bond motifs is 1. The Hall–Kier alpha value is -1.04. The van der Waals surface area contributed by atoms with Gasteiger partial charge in [0.05, 0.1) is 0 Å². The molecule has 0 heterocycles. The highest BCUT2D eigenvalue weighted by Gasteiger charge is 2.19. The van der Waals surface area contributed by atoms with E-state index in [1.54, 1.807) is 0 Å². The third-order valence-corrected chi connectivity index (χ3v) is 2.04. The topological polar surface area (TPSA) is 0 Å². The van der Waals surface area contributed by atoms with Crippen LogP contribution in [0.1, 0.15) is 13.8 Å². The van der Waals surface area contributed by atoms with Crippen LogP contribution in [0, 0.1) is 0 Å². The summed E-state index contributed by atoms with van der Waals surface area (Å²) >= 11 is 0. The zero-order chi connectivity index (χ0) is 7.14. The molecule has 10 heavy (non-hydrogen) atoms. The molecule has 0 radical (unpaired) electrons. The van der Waals surface area contributed by atoms with E-state index in [9.17, 15) is 0 Å². The van der Waals surface area contributed by atoms with Crippen LogP contribution in [-0.2, 0) is 0 Å². The van der Waals surface area contributed by atoms with Crippen LogP contribution < -0.4 is 0 Å². The molecule has 0 heteroatoms. The Labute approximate surface area is 61.3 Å². The zero-order valence-corrected chi connectivity index (χ0v) is 6.31. The molecule has 0 atom stereocenters. The molecule has 0 amide bonds. The van der Waals surface area contributed by atoms with E-state index in [-0.39, 0.29) is 0 Å². The first kappa shape index (κ1) is 5.72. The Kier molecular flexibility index (Phi) is 0.986. The van der Waals surface area contributed by atoms with Crippen LogP contribution >= 0.6 is 0 Å². The van der Waals surface area contributed by atoms with Crippen molar-refractivity contribution < 1.29 is 0 Å². The van der Waals surface area contributed by atoms with E-state index in [0.717, 1.165) is 0 Å². The SMILES string of the molecule is CC1=CC=CC(C)=C2C=C12. The highest BCUT2D eigenvalue weighted by atomic mass is 14.2. The quantitative estimate of drug-likeness (QED) is 0.473. The molecule has 0 aliphatic heterocycles. The van der Waals surface area contributed by atoms with Gasteiger partial charge in [0.15, 0.2) is 0 Å². The molecule has 0 saturated heterocycles. The summed E-state index contributed by atoms with van der Waals surface area (Å²) in [5, 5.41) is 0. The van der Waals surface area contributed by atoms with Gasteiger partial charge in [-0.2, -0.15) is 0 Å². The van der Waals surface area contributed by atoms with Crippen molar-refractivity contribution in [2.75, 3.05) is 0 Å². The van der Waals surface area contributed by atoms with Gasteiger partial charge < -0.3 is 0 Å². The first-order chi connectivity index (χ1) is 4.79. The molecule has 0 spiro atoms. The molecule has 0 aromatic rings. The van der Waals surface area contributed by atoms with Gasteiger partial charge in [0.1, 0.15) is 0 Å². The summed E-state index contributed by atoms with van der Waals surface area (Å²) < 4.78 is 0. The standard InChI is InChI=1S/C10H10/c1-7-4-3-5-8(2)10-6-9(7)10/h3-6H,1-2H3. The van der Waals surface area contributed by atoms with E-state index < -0.39 is 0 Å². The van der Waals surface area contributed by atoms with Crippen molar-refractivity contribution in [2.45, 2.75) is 13.8 Å². The Bertz CT molecular complexity index is 296. The molecule has 2 aliphatic rings. The lowest BCUT2D eigenvalue weighted by Crippen LogP contribution is -1.69. The van der Waals surface area contributed by atoms with E-state index in [1.807, 2.05) is 0 Å². The Morgan fingerprint density at radius 1 is 1.20 bits per heavy atom. The van der Waals surface area contributed by atoms with Crippen LogP contribution in [0.3, 0.4) is 0 Å². The fourth-order valence-electron chi connectivity index (χ4n) is 1.28. The van der Waals surface area contributed by atoms with E-state index in [1.165, 1.54) is 22.3 Å². The second-order valence-corrected chi connectivity index (χ2v) is 2.86. The first-order valence-electron chi connectivity index (χ1n) is 3.57. The van der Waals surface area contributed by atoms with Gasteiger partial charge in [-0.15, -0.1) is 0 Å². The maximum atomic E-state index is 2.24. The van der Waals surface area contributed by atoms with Gasteiger partial charge in [0.2, 0.25) is 0 Å². The summed E-state index contributed by atoms with van der Waals surface area (Å²) in [6.45, 7) is 4.31. The number of rotatable bonds is 0. The maximum absolute atomic E-state index is 2.24. The second-order valence-electron chi connectivity index (χ2n) is 2.86. The summed E-state index contributed by atoms with van der Waals surface area (Å²) in [4.78, 5) is 0. The minimum absolute atomic E-state index is 1.39. The molecule has 2 rings (SSSR count). The maximum Gasteiger partial charge on any atom is -0.0146 e. The van der Waals surface area contributed by atoms with Gasteiger partial charge in [0, 0.05) is 0 Å². The summed E-state index contributed by atoms with van der Waals surface area (Å²) in [5.74, 6) is 0. The average Bonchev–Trinajstić information content (AvgIpc) is 2.63. The second kappa shape index (κ2) is 1.72. The van der Waals surface area contributed by atoms with E-state index in [0.29, 0.717) is 0 Å². The summed E-state index contributed by atoms with van der Waals surface area (Å²) in [5.41, 5.74) is 5.68.